The van der Waals surface area contributed by atoms with E-state index in [1.165, 1.54) is 4.90 Å². The van der Waals surface area contributed by atoms with E-state index in [4.69, 9.17) is 9.47 Å². The van der Waals surface area contributed by atoms with Crippen LogP contribution in [-0.4, -0.2) is 30.9 Å². The molecule has 7 heteroatoms. The Hall–Kier alpha value is -3.61. The quantitative estimate of drug-likeness (QED) is 0.614. The Morgan fingerprint density at radius 2 is 1.52 bits per heavy atom. The molecule has 2 heterocycles. The number of imide groups is 1. The minimum absolute atomic E-state index is 0.125. The number of amides is 3. The zero-order valence-corrected chi connectivity index (χ0v) is 16.6. The number of nitrogens with zero attached hydrogens (tertiary/aromatic N) is 1. The van der Waals surface area contributed by atoms with Gasteiger partial charge in [-0.2, -0.15) is 0 Å². The molecule has 2 aromatic carbocycles. The van der Waals surface area contributed by atoms with Crippen LogP contribution in [0.5, 0.6) is 11.5 Å². The van der Waals surface area contributed by atoms with E-state index in [9.17, 15) is 14.4 Å². The summed E-state index contributed by atoms with van der Waals surface area (Å²) in [7, 11) is 0. The van der Waals surface area contributed by atoms with Crippen LogP contribution in [0.15, 0.2) is 54.6 Å². The zero-order chi connectivity index (χ0) is 21.1. The molecule has 2 aliphatic carbocycles. The molecule has 0 spiro atoms. The first-order chi connectivity index (χ1) is 15.1. The molecule has 31 heavy (non-hydrogen) atoms. The fourth-order valence-electron chi connectivity index (χ4n) is 5.24. The maximum Gasteiger partial charge on any atom is 0.255 e. The smallest absolute Gasteiger partial charge is 0.255 e. The molecule has 1 N–H and O–H groups in total. The molecule has 2 aliphatic heterocycles. The van der Waals surface area contributed by atoms with E-state index in [0.29, 0.717) is 41.7 Å². The highest BCUT2D eigenvalue weighted by Crippen LogP contribution is 2.53. The Morgan fingerprint density at radius 1 is 0.871 bits per heavy atom. The molecule has 1 saturated carbocycles. The van der Waals surface area contributed by atoms with Crippen LogP contribution in [0.1, 0.15) is 16.8 Å². The molecule has 2 fully saturated rings. The van der Waals surface area contributed by atoms with Crippen molar-refractivity contribution in [3.63, 3.8) is 0 Å². The molecule has 3 amide bonds. The summed E-state index contributed by atoms with van der Waals surface area (Å²) in [4.78, 5) is 39.8. The average Bonchev–Trinajstić information content (AvgIpc) is 3.47. The van der Waals surface area contributed by atoms with Crippen molar-refractivity contribution in [2.45, 2.75) is 6.42 Å². The van der Waals surface area contributed by atoms with E-state index >= 15 is 0 Å². The third kappa shape index (κ3) is 2.76. The second-order valence-corrected chi connectivity index (χ2v) is 8.37. The number of hydrogen-bond donors (Lipinski definition) is 1. The van der Waals surface area contributed by atoms with Gasteiger partial charge < -0.3 is 14.8 Å². The minimum Gasteiger partial charge on any atom is -0.486 e. The van der Waals surface area contributed by atoms with Gasteiger partial charge in [0.25, 0.3) is 5.91 Å². The van der Waals surface area contributed by atoms with Crippen molar-refractivity contribution in [3.8, 4) is 11.5 Å². The van der Waals surface area contributed by atoms with Gasteiger partial charge in [0, 0.05) is 17.3 Å². The normalized spacial score (nSPS) is 27.5. The lowest BCUT2D eigenvalue weighted by Gasteiger charge is -2.19. The Labute approximate surface area is 178 Å². The van der Waals surface area contributed by atoms with Crippen LogP contribution < -0.4 is 19.7 Å². The van der Waals surface area contributed by atoms with Crippen molar-refractivity contribution in [3.05, 3.63) is 60.2 Å². The SMILES string of the molecule is O=C(Nc1ccc2c(c1)OCCO2)c1ccc(N2C(=O)C3C4C=CC(C4)C3C2=O)cc1. The summed E-state index contributed by atoms with van der Waals surface area (Å²) < 4.78 is 11.0. The fourth-order valence-corrected chi connectivity index (χ4v) is 5.24. The number of carbonyl (C=O) groups is 3. The molecule has 4 aliphatic rings. The number of nitrogens with one attached hydrogen (secondary N) is 1. The molecular weight excluding hydrogens is 396 g/mol. The molecule has 4 unspecified atom stereocenters. The Kier molecular flexibility index (Phi) is 3.93. The number of fused-ring (bicyclic) bond motifs is 6. The molecule has 156 valence electrons. The molecule has 6 rings (SSSR count). The molecule has 2 bridgehead atoms. The molecule has 4 atom stereocenters. The molecule has 1 saturated heterocycles. The number of benzene rings is 2. The van der Waals surface area contributed by atoms with Gasteiger partial charge in [-0.1, -0.05) is 12.2 Å². The number of ether oxygens (including phenoxy) is 2. The van der Waals surface area contributed by atoms with Crippen molar-refractivity contribution in [2.24, 2.45) is 23.7 Å². The largest absolute Gasteiger partial charge is 0.486 e. The van der Waals surface area contributed by atoms with Gasteiger partial charge in [-0.05, 0) is 54.7 Å². The summed E-state index contributed by atoms with van der Waals surface area (Å²) in [5.41, 5.74) is 1.54. The second kappa shape index (κ2) is 6.70. The molecule has 7 nitrogen and oxygen atoms in total. The van der Waals surface area contributed by atoms with Crippen LogP contribution in [0, 0.1) is 23.7 Å². The Balaban J connectivity index is 1.19. The highest BCUT2D eigenvalue weighted by molar-refractivity contribution is 6.23. The lowest BCUT2D eigenvalue weighted by atomic mass is 9.85. The first-order valence-electron chi connectivity index (χ1n) is 10.5. The van der Waals surface area contributed by atoms with Gasteiger partial charge in [0.1, 0.15) is 13.2 Å². The number of carbonyl (C=O) groups excluding carboxylic acids is 3. The number of allylic oxidation sites excluding steroid dienone is 2. The molecule has 0 aromatic heterocycles. The van der Waals surface area contributed by atoms with Crippen LogP contribution >= 0.6 is 0 Å². The van der Waals surface area contributed by atoms with E-state index in [1.807, 2.05) is 0 Å². The summed E-state index contributed by atoms with van der Waals surface area (Å²) in [6.45, 7) is 0.978. The predicted octanol–water partition coefficient (Wildman–Crippen LogP) is 3.02. The van der Waals surface area contributed by atoms with Gasteiger partial charge in [-0.15, -0.1) is 0 Å². The topological polar surface area (TPSA) is 84.9 Å². The van der Waals surface area contributed by atoms with E-state index in [0.717, 1.165) is 6.42 Å². The van der Waals surface area contributed by atoms with Gasteiger partial charge in [-0.25, -0.2) is 0 Å². The van der Waals surface area contributed by atoms with Crippen molar-refractivity contribution < 1.29 is 23.9 Å². The van der Waals surface area contributed by atoms with Crippen LogP contribution in [0.2, 0.25) is 0 Å². The number of anilines is 2. The summed E-state index contributed by atoms with van der Waals surface area (Å²) in [5, 5.41) is 2.84. The summed E-state index contributed by atoms with van der Waals surface area (Å²) in [6.07, 6.45) is 5.05. The first kappa shape index (κ1) is 18.2. The van der Waals surface area contributed by atoms with Crippen molar-refractivity contribution in [1.82, 2.24) is 0 Å². The predicted molar refractivity (Wildman–Crippen MR) is 112 cm³/mol. The van der Waals surface area contributed by atoms with Crippen LogP contribution in [0.25, 0.3) is 0 Å². The average molecular weight is 416 g/mol. The van der Waals surface area contributed by atoms with Gasteiger partial charge in [-0.3, -0.25) is 19.3 Å². The van der Waals surface area contributed by atoms with E-state index < -0.39 is 0 Å². The third-order valence-corrected chi connectivity index (χ3v) is 6.66. The highest BCUT2D eigenvalue weighted by Gasteiger charge is 2.59. The second-order valence-electron chi connectivity index (χ2n) is 8.37. The Morgan fingerprint density at radius 3 is 2.19 bits per heavy atom. The maximum absolute atomic E-state index is 12.9. The van der Waals surface area contributed by atoms with E-state index in [2.05, 4.69) is 17.5 Å². The molecule has 2 aromatic rings. The molecular formula is C24H20N2O5. The first-order valence-corrected chi connectivity index (χ1v) is 10.5. The van der Waals surface area contributed by atoms with Crippen molar-refractivity contribution >= 4 is 29.1 Å². The number of hydrogen-bond acceptors (Lipinski definition) is 5. The van der Waals surface area contributed by atoms with Crippen LogP contribution in [0.3, 0.4) is 0 Å². The lowest BCUT2D eigenvalue weighted by molar-refractivity contribution is -0.123. The van der Waals surface area contributed by atoms with E-state index in [-0.39, 0.29) is 41.4 Å². The summed E-state index contributed by atoms with van der Waals surface area (Å²) >= 11 is 0. The fraction of sp³-hybridized carbons (Fsp3) is 0.292. The van der Waals surface area contributed by atoms with Crippen LogP contribution in [-0.2, 0) is 9.59 Å². The number of rotatable bonds is 3. The van der Waals surface area contributed by atoms with Crippen LogP contribution in [0.4, 0.5) is 11.4 Å². The third-order valence-electron chi connectivity index (χ3n) is 6.66. The zero-order valence-electron chi connectivity index (χ0n) is 16.6. The summed E-state index contributed by atoms with van der Waals surface area (Å²) in [5.74, 6) is 0.588. The van der Waals surface area contributed by atoms with Gasteiger partial charge in [0.05, 0.1) is 17.5 Å². The standard InChI is InChI=1S/C24H20N2O5/c27-22(25-16-5-8-18-19(12-16)31-10-9-30-18)13-3-6-17(7-4-13)26-23(28)20-14-1-2-15(11-14)21(20)24(26)29/h1-8,12,14-15,20-21H,9-11H2,(H,25,27). The van der Waals surface area contributed by atoms with Gasteiger partial charge in [0.15, 0.2) is 11.5 Å². The van der Waals surface area contributed by atoms with Crippen molar-refractivity contribution in [1.29, 1.82) is 0 Å². The highest BCUT2D eigenvalue weighted by atomic mass is 16.6. The molecule has 0 radical (unpaired) electrons. The van der Waals surface area contributed by atoms with Gasteiger partial charge >= 0.3 is 0 Å². The lowest BCUT2D eigenvalue weighted by Crippen LogP contribution is -2.32. The monoisotopic (exact) mass is 416 g/mol. The Bertz CT molecular complexity index is 1110. The van der Waals surface area contributed by atoms with E-state index in [1.54, 1.807) is 42.5 Å². The minimum atomic E-state index is -0.290. The maximum atomic E-state index is 12.9. The van der Waals surface area contributed by atoms with Gasteiger partial charge in [0.2, 0.25) is 11.8 Å². The summed E-state index contributed by atoms with van der Waals surface area (Å²) in [6, 6.07) is 11.8. The van der Waals surface area contributed by atoms with Crippen molar-refractivity contribution in [2.75, 3.05) is 23.4 Å².